The van der Waals surface area contributed by atoms with Gasteiger partial charge in [0.15, 0.2) is 24.8 Å². The van der Waals surface area contributed by atoms with Crippen molar-refractivity contribution < 1.29 is 9.13 Å². The van der Waals surface area contributed by atoms with E-state index >= 15 is 0 Å². The molecule has 2 heterocycles. The molecule has 0 radical (unpaired) electrons. The Morgan fingerprint density at radius 3 is 2.00 bits per heavy atom. The SMILES string of the molecule is CCC[n+]1ccc(-c2cc[n+](CCC)cc2C)cc1. The third-order valence-corrected chi connectivity index (χ3v) is 3.38. The molecule has 2 heteroatoms. The van der Waals surface area contributed by atoms with Crippen molar-refractivity contribution in [2.45, 2.75) is 46.7 Å². The van der Waals surface area contributed by atoms with Crippen LogP contribution in [0.1, 0.15) is 32.3 Å². The first kappa shape index (κ1) is 13.7. The van der Waals surface area contributed by atoms with Gasteiger partial charge in [-0.25, -0.2) is 9.13 Å². The summed E-state index contributed by atoms with van der Waals surface area (Å²) in [5, 5.41) is 0. The summed E-state index contributed by atoms with van der Waals surface area (Å²) in [7, 11) is 0. The lowest BCUT2D eigenvalue weighted by molar-refractivity contribution is -0.697. The number of hydrogen-bond donors (Lipinski definition) is 0. The van der Waals surface area contributed by atoms with Gasteiger partial charge in [0.1, 0.15) is 13.1 Å². The van der Waals surface area contributed by atoms with Crippen LogP contribution in [0, 0.1) is 6.92 Å². The summed E-state index contributed by atoms with van der Waals surface area (Å²) in [6.45, 7) is 8.78. The maximum Gasteiger partial charge on any atom is 0.172 e. The summed E-state index contributed by atoms with van der Waals surface area (Å²) >= 11 is 0. The maximum absolute atomic E-state index is 2.26. The fraction of sp³-hybridized carbons (Fsp3) is 0.412. The van der Waals surface area contributed by atoms with E-state index in [1.54, 1.807) is 0 Å². The van der Waals surface area contributed by atoms with Crippen molar-refractivity contribution in [3.63, 3.8) is 0 Å². The lowest BCUT2D eigenvalue weighted by Gasteiger charge is -2.04. The number of aryl methyl sites for hydroxylation is 3. The molecule has 100 valence electrons. The Bertz CT molecular complexity index is 529. The van der Waals surface area contributed by atoms with Crippen LogP contribution in [0.3, 0.4) is 0 Å². The van der Waals surface area contributed by atoms with Crippen molar-refractivity contribution >= 4 is 0 Å². The second-order valence-electron chi connectivity index (χ2n) is 5.10. The molecule has 0 aliphatic heterocycles. The highest BCUT2D eigenvalue weighted by molar-refractivity contribution is 5.64. The zero-order valence-electron chi connectivity index (χ0n) is 12.3. The highest BCUT2D eigenvalue weighted by Crippen LogP contribution is 2.20. The molecule has 0 N–H and O–H groups in total. The first-order chi connectivity index (χ1) is 9.24. The molecule has 0 unspecified atom stereocenters. The quantitative estimate of drug-likeness (QED) is 0.726. The van der Waals surface area contributed by atoms with Crippen LogP contribution in [-0.2, 0) is 13.1 Å². The zero-order chi connectivity index (χ0) is 13.7. The van der Waals surface area contributed by atoms with Crippen LogP contribution in [-0.4, -0.2) is 0 Å². The monoisotopic (exact) mass is 256 g/mol. The van der Waals surface area contributed by atoms with Gasteiger partial charge in [-0.05, 0) is 18.1 Å². The highest BCUT2D eigenvalue weighted by atomic mass is 14.9. The molecular weight excluding hydrogens is 232 g/mol. The molecule has 0 bridgehead atoms. The highest BCUT2D eigenvalue weighted by Gasteiger charge is 2.08. The normalized spacial score (nSPS) is 10.7. The van der Waals surface area contributed by atoms with Crippen molar-refractivity contribution in [1.82, 2.24) is 0 Å². The van der Waals surface area contributed by atoms with Crippen LogP contribution >= 0.6 is 0 Å². The fourth-order valence-corrected chi connectivity index (χ4v) is 2.43. The molecule has 0 saturated carbocycles. The summed E-state index contributed by atoms with van der Waals surface area (Å²) in [5.74, 6) is 0. The number of aromatic nitrogens is 2. The van der Waals surface area contributed by atoms with E-state index in [1.165, 1.54) is 29.5 Å². The number of rotatable bonds is 5. The Kier molecular flexibility index (Phi) is 4.67. The molecular formula is C17H24N2+2. The van der Waals surface area contributed by atoms with Crippen molar-refractivity contribution in [3.05, 3.63) is 48.5 Å². The van der Waals surface area contributed by atoms with E-state index in [4.69, 9.17) is 0 Å². The van der Waals surface area contributed by atoms with Crippen LogP contribution in [0.2, 0.25) is 0 Å². The van der Waals surface area contributed by atoms with Crippen LogP contribution in [0.25, 0.3) is 11.1 Å². The number of hydrogen-bond acceptors (Lipinski definition) is 0. The summed E-state index contributed by atoms with van der Waals surface area (Å²) in [6, 6.07) is 6.65. The standard InChI is InChI=1S/C17H24N2/c1-4-9-18-11-6-16(7-12-18)17-8-13-19(10-5-2)14-15(17)3/h6-8,11-14H,4-5,9-10H2,1-3H3/q+2. The van der Waals surface area contributed by atoms with Crippen LogP contribution < -0.4 is 9.13 Å². The predicted octanol–water partition coefficient (Wildman–Crippen LogP) is 3.06. The molecule has 19 heavy (non-hydrogen) atoms. The van der Waals surface area contributed by atoms with E-state index in [-0.39, 0.29) is 0 Å². The van der Waals surface area contributed by atoms with Gasteiger partial charge < -0.3 is 0 Å². The van der Waals surface area contributed by atoms with Crippen molar-refractivity contribution in [2.24, 2.45) is 0 Å². The van der Waals surface area contributed by atoms with Crippen LogP contribution in [0.4, 0.5) is 0 Å². The van der Waals surface area contributed by atoms with Gasteiger partial charge in [-0.1, -0.05) is 13.8 Å². The van der Waals surface area contributed by atoms with Crippen LogP contribution in [0.5, 0.6) is 0 Å². The minimum absolute atomic E-state index is 1.09. The first-order valence-corrected chi connectivity index (χ1v) is 7.23. The zero-order valence-corrected chi connectivity index (χ0v) is 12.3. The molecule has 0 amide bonds. The summed E-state index contributed by atoms with van der Waals surface area (Å²) in [5.41, 5.74) is 3.97. The Morgan fingerprint density at radius 2 is 1.42 bits per heavy atom. The molecule has 2 aromatic heterocycles. The summed E-state index contributed by atoms with van der Waals surface area (Å²) < 4.78 is 4.50. The van der Waals surface area contributed by atoms with Gasteiger partial charge in [-0.15, -0.1) is 0 Å². The van der Waals surface area contributed by atoms with E-state index < -0.39 is 0 Å². The largest absolute Gasteiger partial charge is 0.205 e. The Hall–Kier alpha value is -1.70. The fourth-order valence-electron chi connectivity index (χ4n) is 2.43. The van der Waals surface area contributed by atoms with E-state index in [1.807, 2.05) is 0 Å². The van der Waals surface area contributed by atoms with Gasteiger partial charge in [0.05, 0.1) is 0 Å². The molecule has 2 rings (SSSR count). The molecule has 0 atom stereocenters. The molecule has 0 aliphatic rings. The third kappa shape index (κ3) is 3.40. The Balaban J connectivity index is 2.25. The van der Waals surface area contributed by atoms with E-state index in [0.29, 0.717) is 0 Å². The van der Waals surface area contributed by atoms with E-state index in [0.717, 1.165) is 13.1 Å². The molecule has 0 saturated heterocycles. The lowest BCUT2D eigenvalue weighted by atomic mass is 10.0. The second-order valence-corrected chi connectivity index (χ2v) is 5.10. The lowest BCUT2D eigenvalue weighted by Crippen LogP contribution is -2.33. The molecule has 0 aromatic carbocycles. The van der Waals surface area contributed by atoms with Gasteiger partial charge in [0.2, 0.25) is 0 Å². The third-order valence-electron chi connectivity index (χ3n) is 3.38. The molecule has 2 nitrogen and oxygen atoms in total. The minimum Gasteiger partial charge on any atom is -0.205 e. The van der Waals surface area contributed by atoms with Crippen molar-refractivity contribution in [3.8, 4) is 11.1 Å². The molecule has 0 spiro atoms. The first-order valence-electron chi connectivity index (χ1n) is 7.23. The topological polar surface area (TPSA) is 7.76 Å². The van der Waals surface area contributed by atoms with Gasteiger partial charge in [-0.2, -0.15) is 0 Å². The van der Waals surface area contributed by atoms with Crippen molar-refractivity contribution in [2.75, 3.05) is 0 Å². The molecule has 2 aromatic rings. The molecule has 0 aliphatic carbocycles. The summed E-state index contributed by atoms with van der Waals surface area (Å²) in [6.07, 6.45) is 11.1. The van der Waals surface area contributed by atoms with Crippen LogP contribution in [0.15, 0.2) is 43.0 Å². The average molecular weight is 256 g/mol. The van der Waals surface area contributed by atoms with Gasteiger partial charge >= 0.3 is 0 Å². The second kappa shape index (κ2) is 6.46. The minimum atomic E-state index is 1.09. The van der Waals surface area contributed by atoms with Gasteiger partial charge in [-0.3, -0.25) is 0 Å². The average Bonchev–Trinajstić information content (AvgIpc) is 2.41. The molecule has 0 fully saturated rings. The Labute approximate surface area is 116 Å². The smallest absolute Gasteiger partial charge is 0.172 e. The summed E-state index contributed by atoms with van der Waals surface area (Å²) in [4.78, 5) is 0. The van der Waals surface area contributed by atoms with Crippen molar-refractivity contribution in [1.29, 1.82) is 0 Å². The maximum atomic E-state index is 2.26. The number of pyridine rings is 2. The van der Waals surface area contributed by atoms with Gasteiger partial charge in [0.25, 0.3) is 0 Å². The number of nitrogens with zero attached hydrogens (tertiary/aromatic N) is 2. The van der Waals surface area contributed by atoms with Gasteiger partial charge in [0, 0.05) is 36.6 Å². The van der Waals surface area contributed by atoms with E-state index in [9.17, 15) is 0 Å². The Morgan fingerprint density at radius 1 is 0.842 bits per heavy atom. The predicted molar refractivity (Wildman–Crippen MR) is 77.6 cm³/mol. The van der Waals surface area contributed by atoms with E-state index in [2.05, 4.69) is 72.9 Å².